The van der Waals surface area contributed by atoms with E-state index in [4.69, 9.17) is 24.0 Å². The van der Waals surface area contributed by atoms with E-state index in [0.29, 0.717) is 51.8 Å². The average Bonchev–Trinajstić information content (AvgIpc) is 3.46. The SMILES string of the molecule is COc1ccc(C(=O)Oc2ccccc2C2=NN(C(=O)c3ccc(OC)cc3)[C@@H](c3ccc(OC)cc3)C2)cc1. The number of hydrazone groups is 1. The average molecular weight is 537 g/mol. The van der Waals surface area contributed by atoms with E-state index >= 15 is 0 Å². The molecule has 0 spiro atoms. The fourth-order valence-corrected chi connectivity index (χ4v) is 4.49. The first-order valence-electron chi connectivity index (χ1n) is 12.7. The van der Waals surface area contributed by atoms with Gasteiger partial charge in [0.05, 0.1) is 38.6 Å². The summed E-state index contributed by atoms with van der Waals surface area (Å²) in [5.74, 6) is 1.60. The van der Waals surface area contributed by atoms with Gasteiger partial charge in [-0.2, -0.15) is 5.10 Å². The minimum atomic E-state index is -0.508. The summed E-state index contributed by atoms with van der Waals surface area (Å²) >= 11 is 0. The monoisotopic (exact) mass is 536 g/mol. The van der Waals surface area contributed by atoms with Crippen LogP contribution in [0.1, 0.15) is 44.3 Å². The van der Waals surface area contributed by atoms with Crippen LogP contribution in [0.15, 0.2) is 102 Å². The second kappa shape index (κ2) is 11.7. The van der Waals surface area contributed by atoms with Crippen molar-refractivity contribution in [3.8, 4) is 23.0 Å². The van der Waals surface area contributed by atoms with E-state index in [2.05, 4.69) is 0 Å². The van der Waals surface area contributed by atoms with E-state index in [-0.39, 0.29) is 11.9 Å². The summed E-state index contributed by atoms with van der Waals surface area (Å²) in [5.41, 5.74) is 3.02. The van der Waals surface area contributed by atoms with Crippen LogP contribution >= 0.6 is 0 Å². The number of amides is 1. The highest BCUT2D eigenvalue weighted by Crippen LogP contribution is 2.37. The van der Waals surface area contributed by atoms with Crippen LogP contribution in [0.25, 0.3) is 0 Å². The fraction of sp³-hybridized carbons (Fsp3) is 0.156. The van der Waals surface area contributed by atoms with Gasteiger partial charge in [-0.3, -0.25) is 4.79 Å². The van der Waals surface area contributed by atoms with Gasteiger partial charge in [-0.15, -0.1) is 0 Å². The quantitative estimate of drug-likeness (QED) is 0.205. The Hall–Kier alpha value is -5.11. The van der Waals surface area contributed by atoms with Gasteiger partial charge < -0.3 is 18.9 Å². The molecule has 8 nitrogen and oxygen atoms in total. The molecule has 8 heteroatoms. The van der Waals surface area contributed by atoms with E-state index in [1.54, 1.807) is 82.0 Å². The molecule has 1 atom stereocenters. The summed E-state index contributed by atoms with van der Waals surface area (Å²) < 4.78 is 21.5. The number of rotatable bonds is 8. The molecule has 4 aromatic rings. The number of hydrogen-bond acceptors (Lipinski definition) is 7. The molecule has 1 heterocycles. The summed E-state index contributed by atoms with van der Waals surface area (Å²) in [6, 6.07) is 28.0. The molecule has 0 unspecified atom stereocenters. The highest BCUT2D eigenvalue weighted by molar-refractivity contribution is 6.07. The predicted octanol–water partition coefficient (Wildman–Crippen LogP) is 5.92. The van der Waals surface area contributed by atoms with Gasteiger partial charge in [0.2, 0.25) is 0 Å². The molecule has 0 saturated heterocycles. The minimum Gasteiger partial charge on any atom is -0.497 e. The topological polar surface area (TPSA) is 86.7 Å². The summed E-state index contributed by atoms with van der Waals surface area (Å²) in [4.78, 5) is 26.6. The standard InChI is InChI=1S/C32H28N2O6/c1-37-24-14-8-21(9-15-24)29-20-28(33-34(29)31(35)22-10-16-25(38-2)17-11-22)27-6-4-5-7-30(27)40-32(36)23-12-18-26(39-3)19-13-23/h4-19,29H,20H2,1-3H3/t29-/m1/s1. The van der Waals surface area contributed by atoms with Gasteiger partial charge in [0.1, 0.15) is 23.0 Å². The summed E-state index contributed by atoms with van der Waals surface area (Å²) in [6.07, 6.45) is 0.422. The van der Waals surface area contributed by atoms with E-state index in [0.717, 1.165) is 5.56 Å². The lowest BCUT2D eigenvalue weighted by Crippen LogP contribution is -2.27. The molecule has 4 aromatic carbocycles. The Bertz CT molecular complexity index is 1530. The molecule has 0 fully saturated rings. The van der Waals surface area contributed by atoms with Crippen LogP contribution in [0.4, 0.5) is 0 Å². The van der Waals surface area contributed by atoms with Crippen molar-refractivity contribution < 1.29 is 28.5 Å². The van der Waals surface area contributed by atoms with Crippen LogP contribution < -0.4 is 18.9 Å². The number of nitrogens with zero attached hydrogens (tertiary/aromatic N) is 2. The molecule has 1 aliphatic rings. The first kappa shape index (κ1) is 26.5. The van der Waals surface area contributed by atoms with Crippen LogP contribution in [0.5, 0.6) is 23.0 Å². The Labute approximate surface area is 232 Å². The zero-order valence-corrected chi connectivity index (χ0v) is 22.4. The van der Waals surface area contributed by atoms with Crippen molar-refractivity contribution >= 4 is 17.6 Å². The first-order chi connectivity index (χ1) is 19.5. The predicted molar refractivity (Wildman–Crippen MR) is 150 cm³/mol. The number of esters is 1. The van der Waals surface area contributed by atoms with Crippen LogP contribution in [0.3, 0.4) is 0 Å². The zero-order valence-electron chi connectivity index (χ0n) is 22.4. The van der Waals surface area contributed by atoms with Gasteiger partial charge in [-0.25, -0.2) is 9.80 Å². The van der Waals surface area contributed by atoms with E-state index in [1.807, 2.05) is 36.4 Å². The maximum atomic E-state index is 13.7. The maximum absolute atomic E-state index is 13.7. The van der Waals surface area contributed by atoms with Crippen molar-refractivity contribution in [1.82, 2.24) is 5.01 Å². The Balaban J connectivity index is 1.48. The molecule has 0 aliphatic carbocycles. The number of para-hydroxylation sites is 1. The largest absolute Gasteiger partial charge is 0.497 e. The van der Waals surface area contributed by atoms with E-state index in [9.17, 15) is 9.59 Å². The van der Waals surface area contributed by atoms with E-state index in [1.165, 1.54) is 5.01 Å². The van der Waals surface area contributed by atoms with Crippen molar-refractivity contribution in [3.63, 3.8) is 0 Å². The molecular weight excluding hydrogens is 508 g/mol. The van der Waals surface area contributed by atoms with Gasteiger partial charge in [-0.05, 0) is 78.4 Å². The lowest BCUT2D eigenvalue weighted by atomic mass is 9.97. The molecule has 1 amide bonds. The van der Waals surface area contributed by atoms with Crippen LogP contribution in [-0.2, 0) is 0 Å². The summed E-state index contributed by atoms with van der Waals surface area (Å²) in [5, 5.41) is 6.26. The molecule has 202 valence electrons. The Kier molecular flexibility index (Phi) is 7.77. The second-order valence-corrected chi connectivity index (χ2v) is 9.03. The molecular formula is C32H28N2O6. The van der Waals surface area contributed by atoms with Crippen LogP contribution in [0.2, 0.25) is 0 Å². The van der Waals surface area contributed by atoms with Crippen molar-refractivity contribution in [3.05, 3.63) is 119 Å². The van der Waals surface area contributed by atoms with Gasteiger partial charge in [-0.1, -0.05) is 24.3 Å². The fourth-order valence-electron chi connectivity index (χ4n) is 4.49. The van der Waals surface area contributed by atoms with Crippen LogP contribution in [-0.4, -0.2) is 43.9 Å². The van der Waals surface area contributed by atoms with Crippen molar-refractivity contribution in [2.24, 2.45) is 5.10 Å². The summed E-state index contributed by atoms with van der Waals surface area (Å²) in [7, 11) is 4.75. The number of carbonyl (C=O) groups is 2. The van der Waals surface area contributed by atoms with Crippen molar-refractivity contribution in [2.75, 3.05) is 21.3 Å². The number of benzene rings is 4. The highest BCUT2D eigenvalue weighted by Gasteiger charge is 2.35. The third-order valence-corrected chi connectivity index (χ3v) is 6.68. The van der Waals surface area contributed by atoms with Crippen LogP contribution in [0, 0.1) is 0 Å². The van der Waals surface area contributed by atoms with Gasteiger partial charge in [0, 0.05) is 17.5 Å². The Morgan fingerprint density at radius 1 is 0.700 bits per heavy atom. The number of ether oxygens (including phenoxy) is 4. The third-order valence-electron chi connectivity index (χ3n) is 6.68. The van der Waals surface area contributed by atoms with Gasteiger partial charge in [0.25, 0.3) is 5.91 Å². The molecule has 0 bridgehead atoms. The Morgan fingerprint density at radius 3 is 1.80 bits per heavy atom. The second-order valence-electron chi connectivity index (χ2n) is 9.03. The molecule has 0 saturated carbocycles. The lowest BCUT2D eigenvalue weighted by molar-refractivity contribution is 0.0708. The molecule has 0 aromatic heterocycles. The lowest BCUT2D eigenvalue weighted by Gasteiger charge is -2.22. The smallest absolute Gasteiger partial charge is 0.343 e. The molecule has 0 N–H and O–H groups in total. The molecule has 1 aliphatic heterocycles. The highest BCUT2D eigenvalue weighted by atomic mass is 16.5. The third kappa shape index (κ3) is 5.51. The minimum absolute atomic E-state index is 0.258. The molecule has 5 rings (SSSR count). The molecule has 40 heavy (non-hydrogen) atoms. The first-order valence-corrected chi connectivity index (χ1v) is 12.7. The van der Waals surface area contributed by atoms with Gasteiger partial charge >= 0.3 is 5.97 Å². The molecule has 0 radical (unpaired) electrons. The Morgan fingerprint density at radius 2 is 1.23 bits per heavy atom. The van der Waals surface area contributed by atoms with E-state index < -0.39 is 5.97 Å². The van der Waals surface area contributed by atoms with Crippen molar-refractivity contribution in [2.45, 2.75) is 12.5 Å². The number of hydrogen-bond donors (Lipinski definition) is 0. The zero-order chi connectivity index (χ0) is 28.1. The summed E-state index contributed by atoms with van der Waals surface area (Å²) in [6.45, 7) is 0. The number of methoxy groups -OCH3 is 3. The normalized spacial score (nSPS) is 14.3. The van der Waals surface area contributed by atoms with Crippen molar-refractivity contribution in [1.29, 1.82) is 0 Å². The number of carbonyl (C=O) groups excluding carboxylic acids is 2. The van der Waals surface area contributed by atoms with Gasteiger partial charge in [0.15, 0.2) is 0 Å². The maximum Gasteiger partial charge on any atom is 0.343 e.